The highest BCUT2D eigenvalue weighted by molar-refractivity contribution is 6.32. The SMILES string of the molecule is CC1c2c(ncnc2NCc2ccc(Cl)c([N+](=O)[O-])c2)C=CC1Cl. The van der Waals surface area contributed by atoms with E-state index in [1.807, 2.05) is 19.1 Å². The van der Waals surface area contributed by atoms with Crippen LogP contribution in [0.25, 0.3) is 6.08 Å². The predicted molar refractivity (Wildman–Crippen MR) is 94.6 cm³/mol. The molecule has 0 saturated heterocycles. The summed E-state index contributed by atoms with van der Waals surface area (Å²) in [5.41, 5.74) is 2.40. The summed E-state index contributed by atoms with van der Waals surface area (Å²) >= 11 is 12.1. The number of hydrogen-bond donors (Lipinski definition) is 1. The van der Waals surface area contributed by atoms with Crippen molar-refractivity contribution in [3.63, 3.8) is 0 Å². The lowest BCUT2D eigenvalue weighted by molar-refractivity contribution is -0.384. The maximum Gasteiger partial charge on any atom is 0.288 e. The number of anilines is 1. The minimum atomic E-state index is -0.497. The van der Waals surface area contributed by atoms with Crippen LogP contribution in [0.3, 0.4) is 0 Å². The Labute approximate surface area is 148 Å². The van der Waals surface area contributed by atoms with E-state index in [1.165, 1.54) is 18.5 Å². The van der Waals surface area contributed by atoms with Gasteiger partial charge in [0, 0.05) is 24.1 Å². The smallest absolute Gasteiger partial charge is 0.288 e. The molecule has 1 aliphatic carbocycles. The number of hydrogen-bond acceptors (Lipinski definition) is 5. The van der Waals surface area contributed by atoms with Crippen molar-refractivity contribution in [2.24, 2.45) is 0 Å². The number of nitrogens with one attached hydrogen (secondary N) is 1. The minimum absolute atomic E-state index is 0.0647. The summed E-state index contributed by atoms with van der Waals surface area (Å²) in [5.74, 6) is 0.745. The summed E-state index contributed by atoms with van der Waals surface area (Å²) in [6.45, 7) is 2.40. The molecule has 1 N–H and O–H groups in total. The Morgan fingerprint density at radius 1 is 1.38 bits per heavy atom. The fourth-order valence-corrected chi connectivity index (χ4v) is 3.02. The first-order valence-electron chi connectivity index (χ1n) is 7.31. The van der Waals surface area contributed by atoms with E-state index in [2.05, 4.69) is 15.3 Å². The van der Waals surface area contributed by atoms with E-state index in [0.29, 0.717) is 12.4 Å². The van der Waals surface area contributed by atoms with Crippen LogP contribution in [-0.2, 0) is 6.54 Å². The van der Waals surface area contributed by atoms with Gasteiger partial charge in [-0.05, 0) is 17.7 Å². The summed E-state index contributed by atoms with van der Waals surface area (Å²) in [4.78, 5) is 19.0. The normalized spacial score (nSPS) is 19.0. The Morgan fingerprint density at radius 2 is 2.17 bits per heavy atom. The first-order valence-corrected chi connectivity index (χ1v) is 8.12. The number of halogens is 2. The molecule has 24 heavy (non-hydrogen) atoms. The lowest BCUT2D eigenvalue weighted by Gasteiger charge is -2.24. The Balaban J connectivity index is 1.85. The average Bonchev–Trinajstić information content (AvgIpc) is 2.57. The van der Waals surface area contributed by atoms with Crippen LogP contribution in [0.2, 0.25) is 5.02 Å². The highest BCUT2D eigenvalue weighted by Crippen LogP contribution is 2.35. The molecule has 0 aliphatic heterocycles. The molecule has 0 fully saturated rings. The highest BCUT2D eigenvalue weighted by Gasteiger charge is 2.25. The molecule has 1 aliphatic rings. The van der Waals surface area contributed by atoms with Gasteiger partial charge in [0.1, 0.15) is 17.2 Å². The number of nitro benzene ring substituents is 1. The van der Waals surface area contributed by atoms with Crippen LogP contribution in [0.1, 0.15) is 29.7 Å². The number of rotatable bonds is 4. The van der Waals surface area contributed by atoms with Gasteiger partial charge >= 0.3 is 0 Å². The van der Waals surface area contributed by atoms with Gasteiger partial charge in [0.25, 0.3) is 5.69 Å². The van der Waals surface area contributed by atoms with Crippen LogP contribution in [-0.4, -0.2) is 20.3 Å². The van der Waals surface area contributed by atoms with Crippen LogP contribution >= 0.6 is 23.2 Å². The first-order chi connectivity index (χ1) is 11.5. The molecule has 1 aromatic heterocycles. The standard InChI is InChI=1S/C16H14Cl2N4O2/c1-9-11(17)4-5-13-15(9)16(21-8-20-13)19-7-10-2-3-12(18)14(6-10)22(23)24/h2-6,8-9,11H,7H2,1H3,(H,19,20,21). The second-order valence-corrected chi connectivity index (χ2v) is 6.42. The molecule has 0 saturated carbocycles. The molecule has 0 bridgehead atoms. The van der Waals surface area contributed by atoms with Crippen LogP contribution in [0.15, 0.2) is 30.6 Å². The van der Waals surface area contributed by atoms with E-state index in [4.69, 9.17) is 23.2 Å². The fraction of sp³-hybridized carbons (Fsp3) is 0.250. The molecule has 0 radical (unpaired) electrons. The van der Waals surface area contributed by atoms with Crippen molar-refractivity contribution in [3.8, 4) is 0 Å². The van der Waals surface area contributed by atoms with Gasteiger partial charge in [-0.15, -0.1) is 11.6 Å². The molecule has 0 spiro atoms. The van der Waals surface area contributed by atoms with Gasteiger partial charge in [-0.25, -0.2) is 9.97 Å². The highest BCUT2D eigenvalue weighted by atomic mass is 35.5. The number of aromatic nitrogens is 2. The van der Waals surface area contributed by atoms with E-state index < -0.39 is 4.92 Å². The van der Waals surface area contributed by atoms with Gasteiger partial charge in [-0.1, -0.05) is 30.7 Å². The van der Waals surface area contributed by atoms with E-state index >= 15 is 0 Å². The summed E-state index contributed by atoms with van der Waals surface area (Å²) in [7, 11) is 0. The van der Waals surface area contributed by atoms with Crippen LogP contribution in [0.5, 0.6) is 0 Å². The molecule has 124 valence electrons. The molecule has 8 heteroatoms. The maximum atomic E-state index is 11.0. The van der Waals surface area contributed by atoms with Crippen LogP contribution in [0.4, 0.5) is 11.5 Å². The third-order valence-electron chi connectivity index (χ3n) is 3.95. The van der Waals surface area contributed by atoms with Gasteiger partial charge in [0.2, 0.25) is 0 Å². The molecule has 2 unspecified atom stereocenters. The van der Waals surface area contributed by atoms with E-state index in [0.717, 1.165) is 16.8 Å². The molecule has 2 atom stereocenters. The first kappa shape index (κ1) is 16.7. The largest absolute Gasteiger partial charge is 0.366 e. The fourth-order valence-electron chi connectivity index (χ4n) is 2.63. The Morgan fingerprint density at radius 3 is 2.92 bits per heavy atom. The number of allylic oxidation sites excluding steroid dienone is 1. The van der Waals surface area contributed by atoms with Crippen LogP contribution in [0, 0.1) is 10.1 Å². The molecule has 3 rings (SSSR count). The zero-order valence-electron chi connectivity index (χ0n) is 12.7. The molecule has 1 aromatic carbocycles. The Kier molecular flexibility index (Phi) is 4.69. The molecular weight excluding hydrogens is 351 g/mol. The van der Waals surface area contributed by atoms with Gasteiger partial charge in [0.15, 0.2) is 0 Å². The van der Waals surface area contributed by atoms with Crippen molar-refractivity contribution < 1.29 is 4.92 Å². The van der Waals surface area contributed by atoms with Gasteiger partial charge in [-0.3, -0.25) is 10.1 Å². The van der Waals surface area contributed by atoms with Gasteiger partial charge in [-0.2, -0.15) is 0 Å². The third-order valence-corrected chi connectivity index (χ3v) is 4.80. The maximum absolute atomic E-state index is 11.0. The van der Waals surface area contributed by atoms with Crippen molar-refractivity contribution in [3.05, 3.63) is 62.6 Å². The summed E-state index contributed by atoms with van der Waals surface area (Å²) < 4.78 is 0. The summed E-state index contributed by atoms with van der Waals surface area (Å²) in [5, 5.41) is 14.2. The third kappa shape index (κ3) is 3.20. The Hall–Kier alpha value is -2.18. The topological polar surface area (TPSA) is 81.0 Å². The average molecular weight is 365 g/mol. The van der Waals surface area contributed by atoms with E-state index in [1.54, 1.807) is 6.07 Å². The lowest BCUT2D eigenvalue weighted by Crippen LogP contribution is -2.17. The molecular formula is C16H14Cl2N4O2. The number of nitro groups is 1. The van der Waals surface area contributed by atoms with Gasteiger partial charge < -0.3 is 5.32 Å². The monoisotopic (exact) mass is 364 g/mol. The molecule has 0 amide bonds. The van der Waals surface area contributed by atoms with Crippen molar-refractivity contribution in [1.29, 1.82) is 0 Å². The number of nitrogens with zero attached hydrogens (tertiary/aromatic N) is 3. The summed E-state index contributed by atoms with van der Waals surface area (Å²) in [6, 6.07) is 4.71. The molecule has 2 aromatic rings. The minimum Gasteiger partial charge on any atom is -0.366 e. The van der Waals surface area contributed by atoms with Crippen LogP contribution < -0.4 is 5.32 Å². The number of fused-ring (bicyclic) bond motifs is 1. The number of alkyl halides is 1. The Bertz CT molecular complexity index is 826. The zero-order chi connectivity index (χ0) is 17.3. The van der Waals surface area contributed by atoms with Crippen molar-refractivity contribution in [2.75, 3.05) is 5.32 Å². The van der Waals surface area contributed by atoms with E-state index in [-0.39, 0.29) is 22.0 Å². The second kappa shape index (κ2) is 6.75. The zero-order valence-corrected chi connectivity index (χ0v) is 14.3. The quantitative estimate of drug-likeness (QED) is 0.494. The second-order valence-electron chi connectivity index (χ2n) is 5.51. The van der Waals surface area contributed by atoms with Crippen molar-refractivity contribution >= 4 is 40.8 Å². The predicted octanol–water partition coefficient (Wildman–Crippen LogP) is 4.39. The molecule has 1 heterocycles. The van der Waals surface area contributed by atoms with E-state index in [9.17, 15) is 10.1 Å². The van der Waals surface area contributed by atoms with Crippen molar-refractivity contribution in [2.45, 2.75) is 24.8 Å². The summed E-state index contributed by atoms with van der Waals surface area (Å²) in [6.07, 6.45) is 5.28. The van der Waals surface area contributed by atoms with Gasteiger partial charge in [0.05, 0.1) is 16.0 Å². The molecule has 6 nitrogen and oxygen atoms in total. The van der Waals surface area contributed by atoms with Crippen molar-refractivity contribution in [1.82, 2.24) is 9.97 Å². The lowest BCUT2D eigenvalue weighted by atomic mass is 9.91. The number of benzene rings is 1.